The SMILES string of the molecule is CC[C@@]1(O)C(=O)OCc2c1cc1n(c2=O)Cc2c-1nc1cc(F)c(C)c3c1c2[C@@H](NC(N)(C=O)C(F)(F)F)CC3. The number of esters is 1. The van der Waals surface area contributed by atoms with Crippen molar-refractivity contribution >= 4 is 23.2 Å². The Morgan fingerprint density at radius 2 is 2.00 bits per heavy atom. The van der Waals surface area contributed by atoms with Crippen molar-refractivity contribution in [1.82, 2.24) is 14.9 Å². The van der Waals surface area contributed by atoms with Gasteiger partial charge in [0.05, 0.1) is 29.0 Å². The van der Waals surface area contributed by atoms with Gasteiger partial charge in [0, 0.05) is 28.6 Å². The van der Waals surface area contributed by atoms with Crippen molar-refractivity contribution in [2.24, 2.45) is 5.73 Å². The van der Waals surface area contributed by atoms with Crippen molar-refractivity contribution in [3.8, 4) is 11.4 Å². The minimum absolute atomic E-state index is 0.0609. The van der Waals surface area contributed by atoms with Gasteiger partial charge in [-0.15, -0.1) is 0 Å². The summed E-state index contributed by atoms with van der Waals surface area (Å²) < 4.78 is 62.9. The maximum absolute atomic E-state index is 14.9. The predicted octanol–water partition coefficient (Wildman–Crippen LogP) is 2.52. The number of aliphatic hydroxyl groups is 1. The molecule has 0 radical (unpaired) electrons. The highest BCUT2D eigenvalue weighted by atomic mass is 19.4. The summed E-state index contributed by atoms with van der Waals surface area (Å²) in [6.07, 6.45) is -5.33. The Morgan fingerprint density at radius 1 is 1.27 bits per heavy atom. The van der Waals surface area contributed by atoms with E-state index in [1.807, 2.05) is 0 Å². The van der Waals surface area contributed by atoms with Crippen LogP contribution in [0.4, 0.5) is 17.6 Å². The summed E-state index contributed by atoms with van der Waals surface area (Å²) in [5.41, 5.74) is 1.85. The van der Waals surface area contributed by atoms with Crippen LogP contribution in [0.15, 0.2) is 16.9 Å². The number of fused-ring (bicyclic) bond motifs is 5. The van der Waals surface area contributed by atoms with Gasteiger partial charge in [0.25, 0.3) is 5.56 Å². The number of aromatic nitrogens is 2. The highest BCUT2D eigenvalue weighted by Crippen LogP contribution is 2.46. The van der Waals surface area contributed by atoms with Crippen LogP contribution in [0.3, 0.4) is 0 Å². The van der Waals surface area contributed by atoms with E-state index in [0.717, 1.165) is 0 Å². The van der Waals surface area contributed by atoms with Gasteiger partial charge in [0.2, 0.25) is 5.66 Å². The van der Waals surface area contributed by atoms with Crippen molar-refractivity contribution in [1.29, 1.82) is 0 Å². The second kappa shape index (κ2) is 8.41. The van der Waals surface area contributed by atoms with E-state index < -0.39 is 47.1 Å². The number of nitrogens with zero attached hydrogens (tertiary/aromatic N) is 2. The van der Waals surface area contributed by atoms with Crippen molar-refractivity contribution in [2.45, 2.75) is 69.7 Å². The predicted molar refractivity (Wildman–Crippen MR) is 132 cm³/mol. The summed E-state index contributed by atoms with van der Waals surface area (Å²) in [5.74, 6) is -1.45. The summed E-state index contributed by atoms with van der Waals surface area (Å²) in [7, 11) is 0. The molecule has 40 heavy (non-hydrogen) atoms. The monoisotopic (exact) mass is 560 g/mol. The summed E-state index contributed by atoms with van der Waals surface area (Å²) in [5, 5.41) is 13.8. The molecule has 0 bridgehead atoms. The molecule has 4 heterocycles. The fourth-order valence-electron chi connectivity index (χ4n) is 6.17. The molecule has 13 heteroatoms. The van der Waals surface area contributed by atoms with Crippen LogP contribution in [0.2, 0.25) is 0 Å². The number of alkyl halides is 3. The van der Waals surface area contributed by atoms with Gasteiger partial charge in [0.15, 0.2) is 11.9 Å². The molecule has 3 atom stereocenters. The van der Waals surface area contributed by atoms with Crippen molar-refractivity contribution in [2.75, 3.05) is 0 Å². The number of halogens is 4. The zero-order valence-corrected chi connectivity index (χ0v) is 21.4. The van der Waals surface area contributed by atoms with Gasteiger partial charge < -0.3 is 14.4 Å². The molecule has 0 saturated carbocycles. The standard InChI is InChI=1S/C27H24F4N4O5/c1-3-25(39)15-6-19-22-13(8-35(19)23(37)14(15)9-40-24(25)38)21-17(34-26(32,10-36)27(29,30)31)5-4-12-11(2)16(28)7-18(33-22)20(12)21/h6-7,10,17,34,39H,3-5,8-9,32H2,1-2H3/t17-,25-,26?/m0/s1. The van der Waals surface area contributed by atoms with Gasteiger partial charge in [-0.3, -0.25) is 20.6 Å². The number of ether oxygens (including phenoxy) is 1. The van der Waals surface area contributed by atoms with Gasteiger partial charge in [-0.05, 0) is 48.9 Å². The summed E-state index contributed by atoms with van der Waals surface area (Å²) in [6.45, 7) is 2.68. The van der Waals surface area contributed by atoms with Crippen molar-refractivity contribution < 1.29 is 37.0 Å². The number of benzene rings is 1. The van der Waals surface area contributed by atoms with Crippen molar-refractivity contribution in [3.63, 3.8) is 0 Å². The number of hydrogen-bond acceptors (Lipinski definition) is 8. The molecule has 2 aliphatic heterocycles. The van der Waals surface area contributed by atoms with Crippen LogP contribution in [-0.2, 0) is 39.5 Å². The van der Waals surface area contributed by atoms with Crippen molar-refractivity contribution in [3.05, 3.63) is 61.7 Å². The number of pyridine rings is 2. The van der Waals surface area contributed by atoms with E-state index in [1.54, 1.807) is 13.8 Å². The fourth-order valence-corrected chi connectivity index (χ4v) is 6.17. The molecule has 1 unspecified atom stereocenters. The first-order valence-corrected chi connectivity index (χ1v) is 12.7. The van der Waals surface area contributed by atoms with E-state index in [2.05, 4.69) is 10.3 Å². The third kappa shape index (κ3) is 3.37. The first-order valence-electron chi connectivity index (χ1n) is 12.7. The molecule has 0 spiro atoms. The lowest BCUT2D eigenvalue weighted by Gasteiger charge is -2.36. The number of aldehydes is 1. The van der Waals surface area contributed by atoms with E-state index in [0.29, 0.717) is 27.6 Å². The molecule has 0 fully saturated rings. The number of carbonyl (C=O) groups is 2. The van der Waals surface area contributed by atoms with E-state index in [-0.39, 0.29) is 60.4 Å². The van der Waals surface area contributed by atoms with E-state index in [4.69, 9.17) is 10.5 Å². The highest BCUT2D eigenvalue weighted by molar-refractivity contribution is 5.93. The number of nitrogens with two attached hydrogens (primary N) is 1. The third-order valence-electron chi connectivity index (χ3n) is 8.45. The number of hydrogen-bond donors (Lipinski definition) is 3. The maximum atomic E-state index is 14.9. The van der Waals surface area contributed by atoms with Gasteiger partial charge in [-0.2, -0.15) is 13.2 Å². The van der Waals surface area contributed by atoms with Gasteiger partial charge in [0.1, 0.15) is 12.4 Å². The van der Waals surface area contributed by atoms with Gasteiger partial charge in [-0.1, -0.05) is 6.92 Å². The zero-order valence-electron chi connectivity index (χ0n) is 21.4. The Morgan fingerprint density at radius 3 is 2.65 bits per heavy atom. The highest BCUT2D eigenvalue weighted by Gasteiger charge is 2.54. The van der Waals surface area contributed by atoms with Crippen LogP contribution in [0.1, 0.15) is 59.2 Å². The third-order valence-corrected chi connectivity index (χ3v) is 8.45. The average Bonchev–Trinajstić information content (AvgIpc) is 3.28. The second-order valence-electron chi connectivity index (χ2n) is 10.5. The average molecular weight is 561 g/mol. The Labute approximate surface area is 223 Å². The number of nitrogens with one attached hydrogen (secondary N) is 1. The molecule has 6 rings (SSSR count). The first-order chi connectivity index (χ1) is 18.8. The molecule has 2 aromatic heterocycles. The quantitative estimate of drug-likeness (QED) is 0.150. The molecule has 3 aromatic rings. The topological polar surface area (TPSA) is 137 Å². The maximum Gasteiger partial charge on any atom is 0.426 e. The summed E-state index contributed by atoms with van der Waals surface area (Å²) in [6, 6.07) is 1.55. The largest absolute Gasteiger partial charge is 0.458 e. The lowest BCUT2D eigenvalue weighted by molar-refractivity contribution is -0.193. The smallest absolute Gasteiger partial charge is 0.426 e. The fraction of sp³-hybridized carbons (Fsp3) is 0.407. The van der Waals surface area contributed by atoms with Crippen LogP contribution in [0.5, 0.6) is 0 Å². The number of carbonyl (C=O) groups excluding carboxylic acids is 2. The Bertz CT molecular complexity index is 1720. The van der Waals surface area contributed by atoms with E-state index >= 15 is 0 Å². The minimum Gasteiger partial charge on any atom is -0.458 e. The Hall–Kier alpha value is -3.68. The molecule has 9 nitrogen and oxygen atoms in total. The lowest BCUT2D eigenvalue weighted by atomic mass is 9.81. The normalized spacial score (nSPS) is 22.8. The van der Waals surface area contributed by atoms with Gasteiger partial charge >= 0.3 is 12.1 Å². The minimum atomic E-state index is -5.11. The van der Waals surface area contributed by atoms with Crippen LogP contribution in [0, 0.1) is 12.7 Å². The zero-order chi connectivity index (χ0) is 28.9. The molecule has 0 amide bonds. The number of rotatable bonds is 4. The Kier molecular flexibility index (Phi) is 5.58. The van der Waals surface area contributed by atoms with Crippen LogP contribution < -0.4 is 16.6 Å². The van der Waals surface area contributed by atoms with Crippen LogP contribution in [0.25, 0.3) is 22.3 Å². The first kappa shape index (κ1) is 26.5. The molecule has 1 aromatic carbocycles. The molecule has 0 saturated heterocycles. The molecule has 1 aliphatic carbocycles. The molecule has 4 N–H and O–H groups in total. The van der Waals surface area contributed by atoms with Gasteiger partial charge in [-0.25, -0.2) is 14.2 Å². The summed E-state index contributed by atoms with van der Waals surface area (Å²) in [4.78, 5) is 42.3. The molecular formula is C27H24F4N4O5. The second-order valence-corrected chi connectivity index (χ2v) is 10.5. The molecule has 210 valence electrons. The van der Waals surface area contributed by atoms with Crippen LogP contribution >= 0.6 is 0 Å². The van der Waals surface area contributed by atoms with E-state index in [9.17, 15) is 37.1 Å². The van der Waals surface area contributed by atoms with E-state index in [1.165, 1.54) is 16.7 Å². The molecule has 3 aliphatic rings. The number of cyclic esters (lactones) is 1. The molecular weight excluding hydrogens is 536 g/mol. The summed E-state index contributed by atoms with van der Waals surface area (Å²) >= 11 is 0. The lowest BCUT2D eigenvalue weighted by Crippen LogP contribution is -2.66. The number of aryl methyl sites for hydroxylation is 1. The Balaban J connectivity index is 1.64. The van der Waals surface area contributed by atoms with Crippen LogP contribution in [-0.4, -0.2) is 38.8 Å².